The lowest BCUT2D eigenvalue weighted by Crippen LogP contribution is -1.98. The second-order valence-electron chi connectivity index (χ2n) is 4.53. The molecule has 120 valence electrons. The van der Waals surface area contributed by atoms with Gasteiger partial charge in [0, 0.05) is 12.1 Å². The van der Waals surface area contributed by atoms with Gasteiger partial charge in [0.1, 0.15) is 0 Å². The van der Waals surface area contributed by atoms with E-state index in [1.165, 1.54) is 19.4 Å². The topological polar surface area (TPSA) is 83.7 Å². The van der Waals surface area contributed by atoms with Gasteiger partial charge in [-0.05, 0) is 36.8 Å². The molecule has 1 heterocycles. The summed E-state index contributed by atoms with van der Waals surface area (Å²) in [5.41, 5.74) is 6.93. The molecule has 0 aliphatic rings. The average Bonchev–Trinajstić information content (AvgIpc) is 2.56. The Bertz CT molecular complexity index is 696. The summed E-state index contributed by atoms with van der Waals surface area (Å²) in [5, 5.41) is 0. The van der Waals surface area contributed by atoms with Crippen molar-refractivity contribution in [1.29, 1.82) is 0 Å². The summed E-state index contributed by atoms with van der Waals surface area (Å²) in [6.45, 7) is 2.10. The van der Waals surface area contributed by atoms with Crippen LogP contribution in [-0.2, 0) is 9.53 Å². The number of hydrogen-bond donors (Lipinski definition) is 1. The van der Waals surface area contributed by atoms with Gasteiger partial charge in [-0.3, -0.25) is 0 Å². The summed E-state index contributed by atoms with van der Waals surface area (Å²) in [7, 11) is 1.54. The summed E-state index contributed by atoms with van der Waals surface area (Å²) in [5.74, 6) is 1.05. The Labute approximate surface area is 134 Å². The van der Waals surface area contributed by atoms with Crippen molar-refractivity contribution < 1.29 is 19.0 Å². The molecule has 0 radical (unpaired) electrons. The van der Waals surface area contributed by atoms with Crippen LogP contribution in [0.1, 0.15) is 12.5 Å². The third kappa shape index (κ3) is 4.74. The number of carbonyl (C=O) groups excluding carboxylic acids is 1. The summed E-state index contributed by atoms with van der Waals surface area (Å²) in [6, 6.07) is 8.66. The highest BCUT2D eigenvalue weighted by atomic mass is 16.5. The van der Waals surface area contributed by atoms with Crippen LogP contribution in [0, 0.1) is 0 Å². The SMILES string of the molecule is CCOC(=O)C=Cc1ccc(Oc2ccc(N)cn2)c(OC)c1. The van der Waals surface area contributed by atoms with Crippen LogP contribution in [0.5, 0.6) is 17.4 Å². The number of nitrogens with two attached hydrogens (primary N) is 1. The van der Waals surface area contributed by atoms with Crippen LogP contribution in [0.2, 0.25) is 0 Å². The van der Waals surface area contributed by atoms with Gasteiger partial charge < -0.3 is 19.9 Å². The zero-order chi connectivity index (χ0) is 16.7. The van der Waals surface area contributed by atoms with Crippen LogP contribution >= 0.6 is 0 Å². The molecule has 0 saturated carbocycles. The van der Waals surface area contributed by atoms with E-state index in [9.17, 15) is 4.79 Å². The number of anilines is 1. The number of aromatic nitrogens is 1. The Morgan fingerprint density at radius 1 is 1.26 bits per heavy atom. The first-order valence-electron chi connectivity index (χ1n) is 7.04. The molecule has 0 fully saturated rings. The van der Waals surface area contributed by atoms with Gasteiger partial charge in [0.15, 0.2) is 11.5 Å². The molecule has 0 aliphatic heterocycles. The second kappa shape index (κ2) is 7.84. The monoisotopic (exact) mass is 314 g/mol. The minimum absolute atomic E-state index is 0.341. The summed E-state index contributed by atoms with van der Waals surface area (Å²) >= 11 is 0. The van der Waals surface area contributed by atoms with E-state index in [0.29, 0.717) is 29.7 Å². The summed E-state index contributed by atoms with van der Waals surface area (Å²) in [4.78, 5) is 15.4. The van der Waals surface area contributed by atoms with Gasteiger partial charge >= 0.3 is 5.97 Å². The molecular weight excluding hydrogens is 296 g/mol. The van der Waals surface area contributed by atoms with E-state index in [1.54, 1.807) is 43.3 Å². The predicted molar refractivity (Wildman–Crippen MR) is 87.4 cm³/mol. The van der Waals surface area contributed by atoms with Gasteiger partial charge in [0.05, 0.1) is 25.6 Å². The molecule has 2 N–H and O–H groups in total. The Hall–Kier alpha value is -3.02. The highest BCUT2D eigenvalue weighted by Gasteiger charge is 2.07. The highest BCUT2D eigenvalue weighted by Crippen LogP contribution is 2.32. The first kappa shape index (κ1) is 16.4. The number of ether oxygens (including phenoxy) is 3. The highest BCUT2D eigenvalue weighted by molar-refractivity contribution is 5.87. The molecule has 0 bridgehead atoms. The molecule has 2 rings (SSSR count). The standard InChI is InChI=1S/C17H18N2O4/c1-3-22-17(20)9-5-12-4-7-14(15(10-12)21-2)23-16-8-6-13(18)11-19-16/h4-11H,3,18H2,1-2H3. The van der Waals surface area contributed by atoms with Crippen molar-refractivity contribution in [1.82, 2.24) is 4.98 Å². The van der Waals surface area contributed by atoms with E-state index in [4.69, 9.17) is 19.9 Å². The van der Waals surface area contributed by atoms with Crippen molar-refractivity contribution in [3.05, 3.63) is 48.2 Å². The zero-order valence-corrected chi connectivity index (χ0v) is 13.0. The zero-order valence-electron chi connectivity index (χ0n) is 13.0. The lowest BCUT2D eigenvalue weighted by molar-refractivity contribution is -0.137. The van der Waals surface area contributed by atoms with Crippen molar-refractivity contribution >= 4 is 17.7 Å². The quantitative estimate of drug-likeness (QED) is 0.651. The first-order valence-corrected chi connectivity index (χ1v) is 7.04. The molecule has 1 aromatic carbocycles. The van der Waals surface area contributed by atoms with Crippen molar-refractivity contribution in [3.63, 3.8) is 0 Å². The maximum Gasteiger partial charge on any atom is 0.330 e. The summed E-state index contributed by atoms with van der Waals surface area (Å²) < 4.78 is 15.8. The van der Waals surface area contributed by atoms with Gasteiger partial charge in [0.25, 0.3) is 0 Å². The third-order valence-electron chi connectivity index (χ3n) is 2.86. The van der Waals surface area contributed by atoms with Gasteiger partial charge in [0.2, 0.25) is 5.88 Å². The number of methoxy groups -OCH3 is 1. The van der Waals surface area contributed by atoms with Crippen LogP contribution in [0.3, 0.4) is 0 Å². The van der Waals surface area contributed by atoms with Gasteiger partial charge in [-0.25, -0.2) is 9.78 Å². The van der Waals surface area contributed by atoms with E-state index in [-0.39, 0.29) is 0 Å². The second-order valence-corrected chi connectivity index (χ2v) is 4.53. The minimum Gasteiger partial charge on any atom is -0.493 e. The van der Waals surface area contributed by atoms with Crippen molar-refractivity contribution in [2.24, 2.45) is 0 Å². The van der Waals surface area contributed by atoms with Gasteiger partial charge in [-0.2, -0.15) is 0 Å². The fourth-order valence-electron chi connectivity index (χ4n) is 1.79. The number of rotatable bonds is 6. The maximum absolute atomic E-state index is 11.3. The Balaban J connectivity index is 2.16. The predicted octanol–water partition coefficient (Wildman–Crippen LogP) is 3.04. The third-order valence-corrected chi connectivity index (χ3v) is 2.86. The maximum atomic E-state index is 11.3. The normalized spacial score (nSPS) is 10.5. The number of benzene rings is 1. The van der Waals surface area contributed by atoms with E-state index in [0.717, 1.165) is 5.56 Å². The van der Waals surface area contributed by atoms with E-state index >= 15 is 0 Å². The van der Waals surface area contributed by atoms with E-state index in [2.05, 4.69) is 4.98 Å². The number of esters is 1. The molecule has 0 spiro atoms. The lowest BCUT2D eigenvalue weighted by Gasteiger charge is -2.10. The summed E-state index contributed by atoms with van der Waals surface area (Å²) in [6.07, 6.45) is 4.52. The van der Waals surface area contributed by atoms with Crippen molar-refractivity contribution in [2.45, 2.75) is 6.92 Å². The molecule has 1 aromatic heterocycles. The van der Waals surface area contributed by atoms with Crippen molar-refractivity contribution in [2.75, 3.05) is 19.5 Å². The van der Waals surface area contributed by atoms with Gasteiger partial charge in [-0.1, -0.05) is 6.07 Å². The molecule has 0 amide bonds. The molecule has 23 heavy (non-hydrogen) atoms. The Kier molecular flexibility index (Phi) is 5.57. The number of nitrogens with zero attached hydrogens (tertiary/aromatic N) is 1. The fraction of sp³-hybridized carbons (Fsp3) is 0.176. The Morgan fingerprint density at radius 2 is 2.09 bits per heavy atom. The van der Waals surface area contributed by atoms with Crippen LogP contribution < -0.4 is 15.2 Å². The number of carbonyl (C=O) groups is 1. The number of pyridine rings is 1. The van der Waals surface area contributed by atoms with Crippen LogP contribution in [-0.4, -0.2) is 24.7 Å². The molecule has 0 aliphatic carbocycles. The number of hydrogen-bond acceptors (Lipinski definition) is 6. The molecular formula is C17H18N2O4. The lowest BCUT2D eigenvalue weighted by atomic mass is 10.2. The molecule has 6 nitrogen and oxygen atoms in total. The van der Waals surface area contributed by atoms with Crippen LogP contribution in [0.25, 0.3) is 6.08 Å². The molecule has 2 aromatic rings. The minimum atomic E-state index is -0.391. The first-order chi connectivity index (χ1) is 11.1. The molecule has 0 atom stereocenters. The fourth-order valence-corrected chi connectivity index (χ4v) is 1.79. The smallest absolute Gasteiger partial charge is 0.330 e. The van der Waals surface area contributed by atoms with Gasteiger partial charge in [-0.15, -0.1) is 0 Å². The molecule has 6 heteroatoms. The van der Waals surface area contributed by atoms with E-state index < -0.39 is 5.97 Å². The largest absolute Gasteiger partial charge is 0.493 e. The van der Waals surface area contributed by atoms with Crippen LogP contribution in [0.4, 0.5) is 5.69 Å². The number of nitrogen functional groups attached to an aromatic ring is 1. The molecule has 0 unspecified atom stereocenters. The van der Waals surface area contributed by atoms with E-state index in [1.807, 2.05) is 0 Å². The molecule has 0 saturated heterocycles. The van der Waals surface area contributed by atoms with Crippen LogP contribution in [0.15, 0.2) is 42.6 Å². The average molecular weight is 314 g/mol. The Morgan fingerprint density at radius 3 is 2.74 bits per heavy atom. The van der Waals surface area contributed by atoms with Crippen molar-refractivity contribution in [3.8, 4) is 17.4 Å².